The highest BCUT2D eigenvalue weighted by molar-refractivity contribution is 5.58. The Hall–Kier alpha value is -3.71. The van der Waals surface area contributed by atoms with E-state index in [1.54, 1.807) is 24.5 Å². The van der Waals surface area contributed by atoms with E-state index < -0.39 is 0 Å². The minimum absolute atomic E-state index is 0.0988. The molecule has 6 nitrogen and oxygen atoms in total. The van der Waals surface area contributed by atoms with Gasteiger partial charge in [0.25, 0.3) is 5.56 Å². The number of nitrogens with one attached hydrogen (secondary N) is 1. The van der Waals surface area contributed by atoms with Gasteiger partial charge in [-0.05, 0) is 48.0 Å². The normalized spacial score (nSPS) is 13.7. The van der Waals surface area contributed by atoms with Gasteiger partial charge in [-0.25, -0.2) is 9.37 Å². The van der Waals surface area contributed by atoms with Crippen LogP contribution in [-0.2, 0) is 19.5 Å². The minimum atomic E-state index is -0.261. The molecule has 0 radical (unpaired) electrons. The maximum absolute atomic E-state index is 13.1. The van der Waals surface area contributed by atoms with Gasteiger partial charge in [0.05, 0.1) is 17.0 Å². The molecule has 4 heterocycles. The fourth-order valence-corrected chi connectivity index (χ4v) is 3.82. The van der Waals surface area contributed by atoms with Crippen LogP contribution in [0.4, 0.5) is 4.39 Å². The lowest BCUT2D eigenvalue weighted by atomic mass is 10.1. The van der Waals surface area contributed by atoms with Crippen molar-refractivity contribution in [1.29, 1.82) is 0 Å². The zero-order chi connectivity index (χ0) is 21.2. The van der Waals surface area contributed by atoms with E-state index in [9.17, 15) is 9.18 Å². The maximum atomic E-state index is 13.1. The molecule has 0 bridgehead atoms. The number of fused-ring (bicyclic) bond motifs is 1. The van der Waals surface area contributed by atoms with Gasteiger partial charge in [-0.2, -0.15) is 0 Å². The number of hydrogen-bond acceptors (Lipinski definition) is 5. The van der Waals surface area contributed by atoms with E-state index in [2.05, 4.69) is 24.8 Å². The Morgan fingerprint density at radius 1 is 1.03 bits per heavy atom. The van der Waals surface area contributed by atoms with Crippen molar-refractivity contribution in [2.45, 2.75) is 19.5 Å². The minimum Gasteiger partial charge on any atom is -0.306 e. The molecule has 5 rings (SSSR count). The van der Waals surface area contributed by atoms with Crippen molar-refractivity contribution in [2.75, 3.05) is 6.54 Å². The highest BCUT2D eigenvalue weighted by Crippen LogP contribution is 2.21. The molecule has 7 heteroatoms. The number of nitrogens with zero attached hydrogens (tertiary/aromatic N) is 4. The van der Waals surface area contributed by atoms with E-state index in [-0.39, 0.29) is 11.4 Å². The summed E-state index contributed by atoms with van der Waals surface area (Å²) in [6.45, 7) is 2.06. The van der Waals surface area contributed by atoms with Crippen LogP contribution >= 0.6 is 0 Å². The Morgan fingerprint density at radius 2 is 1.90 bits per heavy atom. The average Bonchev–Trinajstić information content (AvgIpc) is 2.81. The Balaban J connectivity index is 1.31. The molecule has 1 aliphatic rings. The second-order valence-corrected chi connectivity index (χ2v) is 7.60. The number of aromatic nitrogens is 4. The summed E-state index contributed by atoms with van der Waals surface area (Å²) < 4.78 is 13.1. The van der Waals surface area contributed by atoms with Gasteiger partial charge < -0.3 is 4.98 Å². The van der Waals surface area contributed by atoms with Crippen molar-refractivity contribution < 1.29 is 4.39 Å². The van der Waals surface area contributed by atoms with Crippen LogP contribution in [0.25, 0.3) is 22.6 Å². The van der Waals surface area contributed by atoms with E-state index in [1.165, 1.54) is 12.1 Å². The van der Waals surface area contributed by atoms with Crippen molar-refractivity contribution in [2.24, 2.45) is 0 Å². The first-order chi connectivity index (χ1) is 15.2. The van der Waals surface area contributed by atoms with Gasteiger partial charge in [-0.1, -0.05) is 6.07 Å². The smallest absolute Gasteiger partial charge is 0.255 e. The van der Waals surface area contributed by atoms with E-state index in [0.717, 1.165) is 40.2 Å². The molecule has 1 aromatic carbocycles. The van der Waals surface area contributed by atoms with Crippen LogP contribution in [0.15, 0.2) is 71.9 Å². The van der Waals surface area contributed by atoms with Crippen molar-refractivity contribution in [3.63, 3.8) is 0 Å². The molecular weight excluding hydrogens is 393 g/mol. The van der Waals surface area contributed by atoms with Crippen molar-refractivity contribution >= 4 is 0 Å². The number of H-pyrrole nitrogens is 1. The third-order valence-electron chi connectivity index (χ3n) is 5.45. The van der Waals surface area contributed by atoms with E-state index in [0.29, 0.717) is 25.3 Å². The molecule has 154 valence electrons. The highest BCUT2D eigenvalue weighted by atomic mass is 19.1. The second-order valence-electron chi connectivity index (χ2n) is 7.60. The Morgan fingerprint density at radius 3 is 2.65 bits per heavy atom. The Labute approximate surface area is 178 Å². The monoisotopic (exact) mass is 413 g/mol. The molecule has 0 saturated heterocycles. The third kappa shape index (κ3) is 4.13. The molecule has 1 N–H and O–H groups in total. The molecular formula is C24H20FN5O. The zero-order valence-corrected chi connectivity index (χ0v) is 16.8. The van der Waals surface area contributed by atoms with Gasteiger partial charge in [0.2, 0.25) is 0 Å². The predicted molar refractivity (Wildman–Crippen MR) is 116 cm³/mol. The second kappa shape index (κ2) is 8.20. The molecule has 0 fully saturated rings. The van der Waals surface area contributed by atoms with Crippen molar-refractivity contribution in [3.05, 3.63) is 100 Å². The molecule has 0 spiro atoms. The molecule has 0 amide bonds. The standard InChI is InChI=1S/C24H20FN5O/c25-19-6-4-17(5-7-19)21-8-3-16(12-27-21)14-30-11-9-22-20(15-30)24(31)29-23(28-22)18-2-1-10-26-13-18/h1-8,10,12-13H,9,11,14-15H2,(H,28,29,31). The SMILES string of the molecule is O=c1[nH]c(-c2cccnc2)nc2c1CN(Cc1ccc(-c3ccc(F)cc3)nc1)CC2. The van der Waals surface area contributed by atoms with Crippen LogP contribution in [0.5, 0.6) is 0 Å². The van der Waals surface area contributed by atoms with Gasteiger partial charge in [0.1, 0.15) is 11.6 Å². The summed E-state index contributed by atoms with van der Waals surface area (Å²) in [6.07, 6.45) is 5.94. The lowest BCUT2D eigenvalue weighted by molar-refractivity contribution is 0.241. The largest absolute Gasteiger partial charge is 0.306 e. The molecule has 4 aromatic rings. The van der Waals surface area contributed by atoms with Crippen molar-refractivity contribution in [3.8, 4) is 22.6 Å². The molecule has 0 saturated carbocycles. The fraction of sp³-hybridized carbons (Fsp3) is 0.167. The first kappa shape index (κ1) is 19.3. The fourth-order valence-electron chi connectivity index (χ4n) is 3.82. The van der Waals surface area contributed by atoms with E-state index in [1.807, 2.05) is 30.5 Å². The van der Waals surface area contributed by atoms with Gasteiger partial charge in [0.15, 0.2) is 0 Å². The summed E-state index contributed by atoms with van der Waals surface area (Å²) in [6, 6.07) is 14.0. The predicted octanol–water partition coefficient (Wildman–Crippen LogP) is 3.59. The highest BCUT2D eigenvalue weighted by Gasteiger charge is 2.21. The zero-order valence-electron chi connectivity index (χ0n) is 16.8. The molecule has 0 aliphatic carbocycles. The quantitative estimate of drug-likeness (QED) is 0.553. The van der Waals surface area contributed by atoms with E-state index in [4.69, 9.17) is 0 Å². The van der Waals surface area contributed by atoms with Crippen LogP contribution in [0, 0.1) is 5.82 Å². The summed E-state index contributed by atoms with van der Waals surface area (Å²) in [4.78, 5) is 31.1. The van der Waals surface area contributed by atoms with Gasteiger partial charge >= 0.3 is 0 Å². The molecule has 31 heavy (non-hydrogen) atoms. The Bertz CT molecular complexity index is 1250. The van der Waals surface area contributed by atoms with Crippen LogP contribution in [-0.4, -0.2) is 31.4 Å². The van der Waals surface area contributed by atoms with Gasteiger partial charge in [-0.3, -0.25) is 19.7 Å². The summed E-state index contributed by atoms with van der Waals surface area (Å²) in [7, 11) is 0. The van der Waals surface area contributed by atoms with Gasteiger partial charge in [0, 0.05) is 55.8 Å². The lowest BCUT2D eigenvalue weighted by Gasteiger charge is -2.27. The van der Waals surface area contributed by atoms with Crippen molar-refractivity contribution in [1.82, 2.24) is 24.8 Å². The summed E-state index contributed by atoms with van der Waals surface area (Å²) in [5.74, 6) is 0.300. The molecule has 0 atom stereocenters. The number of aromatic amines is 1. The summed E-state index contributed by atoms with van der Waals surface area (Å²) in [5, 5.41) is 0. The van der Waals surface area contributed by atoms with Crippen LogP contribution < -0.4 is 5.56 Å². The average molecular weight is 413 g/mol. The molecule has 3 aromatic heterocycles. The topological polar surface area (TPSA) is 74.8 Å². The number of halogens is 1. The molecule has 0 unspecified atom stereocenters. The first-order valence-electron chi connectivity index (χ1n) is 10.1. The summed E-state index contributed by atoms with van der Waals surface area (Å²) in [5.41, 5.74) is 5.01. The van der Waals surface area contributed by atoms with Crippen LogP contribution in [0.2, 0.25) is 0 Å². The summed E-state index contributed by atoms with van der Waals surface area (Å²) >= 11 is 0. The Kier molecular flexibility index (Phi) is 5.09. The maximum Gasteiger partial charge on any atom is 0.255 e. The van der Waals surface area contributed by atoms with Crippen LogP contribution in [0.1, 0.15) is 16.8 Å². The van der Waals surface area contributed by atoms with E-state index >= 15 is 0 Å². The third-order valence-corrected chi connectivity index (χ3v) is 5.45. The molecule has 1 aliphatic heterocycles. The number of benzene rings is 1. The van der Waals surface area contributed by atoms with Crippen LogP contribution in [0.3, 0.4) is 0 Å². The number of rotatable bonds is 4. The first-order valence-corrected chi connectivity index (χ1v) is 10.1. The number of hydrogen-bond donors (Lipinski definition) is 1. The van der Waals surface area contributed by atoms with Gasteiger partial charge in [-0.15, -0.1) is 0 Å². The lowest BCUT2D eigenvalue weighted by Crippen LogP contribution is -2.35. The number of pyridine rings is 2.